The molecule has 0 saturated carbocycles. The quantitative estimate of drug-likeness (QED) is 0.0259. The molecule has 0 aromatic rings. The van der Waals surface area contributed by atoms with Gasteiger partial charge in [-0.2, -0.15) is 0 Å². The summed E-state index contributed by atoms with van der Waals surface area (Å²) in [6, 6.07) is 0. The third kappa shape index (κ3) is 35.5. The van der Waals surface area contributed by atoms with Gasteiger partial charge in [-0.15, -0.1) is 0 Å². The maximum atomic E-state index is 12.5. The van der Waals surface area contributed by atoms with E-state index in [1.807, 2.05) is 12.2 Å². The predicted molar refractivity (Wildman–Crippen MR) is 200 cm³/mol. The van der Waals surface area contributed by atoms with E-state index in [9.17, 15) is 19.4 Å². The summed E-state index contributed by atoms with van der Waals surface area (Å²) < 4.78 is 33.0. The van der Waals surface area contributed by atoms with Gasteiger partial charge in [-0.1, -0.05) is 138 Å². The monoisotopic (exact) mass is 710 g/mol. The van der Waals surface area contributed by atoms with Crippen molar-refractivity contribution in [3.8, 4) is 0 Å². The van der Waals surface area contributed by atoms with Gasteiger partial charge >= 0.3 is 13.8 Å². The van der Waals surface area contributed by atoms with Gasteiger partial charge in [-0.3, -0.25) is 13.8 Å². The van der Waals surface area contributed by atoms with Gasteiger partial charge in [0.2, 0.25) is 0 Å². The van der Waals surface area contributed by atoms with Crippen LogP contribution in [0.2, 0.25) is 0 Å². The number of aliphatic hydroxyl groups excluding tert-OH is 2. The molecule has 9 nitrogen and oxygen atoms in total. The van der Waals surface area contributed by atoms with E-state index in [1.165, 1.54) is 38.5 Å². The molecule has 0 spiro atoms. The largest absolute Gasteiger partial charge is 0.472 e. The first-order chi connectivity index (χ1) is 23.8. The van der Waals surface area contributed by atoms with Gasteiger partial charge in [0.15, 0.2) is 0 Å². The molecule has 0 rings (SSSR count). The van der Waals surface area contributed by atoms with E-state index in [0.29, 0.717) is 13.0 Å². The van der Waals surface area contributed by atoms with Crippen LogP contribution in [-0.4, -0.2) is 66.3 Å². The maximum absolute atomic E-state index is 12.5. The Morgan fingerprint density at radius 3 is 1.63 bits per heavy atom. The molecule has 0 heterocycles. The number of aliphatic hydroxyl groups is 2. The van der Waals surface area contributed by atoms with Gasteiger partial charge < -0.3 is 24.6 Å². The molecule has 0 amide bonds. The molecule has 10 heteroatoms. The minimum absolute atomic E-state index is 0.0158. The van der Waals surface area contributed by atoms with E-state index in [1.54, 1.807) is 0 Å². The zero-order valence-corrected chi connectivity index (χ0v) is 31.3. The highest BCUT2D eigenvalue weighted by Gasteiger charge is 2.26. The molecule has 0 aliphatic heterocycles. The molecule has 49 heavy (non-hydrogen) atoms. The second kappa shape index (κ2) is 35.7. The molecule has 3 unspecified atom stereocenters. The van der Waals surface area contributed by atoms with Crippen LogP contribution in [0.25, 0.3) is 0 Å². The van der Waals surface area contributed by atoms with Crippen molar-refractivity contribution in [2.45, 2.75) is 135 Å². The van der Waals surface area contributed by atoms with Gasteiger partial charge in [0.25, 0.3) is 0 Å². The first-order valence-corrected chi connectivity index (χ1v) is 19.9. The molecule has 282 valence electrons. The number of hydrogen-bond donors (Lipinski definition) is 3. The third-order valence-electron chi connectivity index (χ3n) is 7.17. The van der Waals surface area contributed by atoms with Crippen LogP contribution in [0.3, 0.4) is 0 Å². The van der Waals surface area contributed by atoms with Crippen LogP contribution in [0.5, 0.6) is 0 Å². The molecule has 3 N–H and O–H groups in total. The highest BCUT2D eigenvalue weighted by atomic mass is 31.2. The molecule has 0 radical (unpaired) electrons. The highest BCUT2D eigenvalue weighted by Crippen LogP contribution is 2.43. The number of phosphoric acid groups is 1. The Balaban J connectivity index is 4.38. The summed E-state index contributed by atoms with van der Waals surface area (Å²) in [5, 5.41) is 18.2. The molecule has 0 bridgehead atoms. The number of ether oxygens (including phenoxy) is 2. The summed E-state index contributed by atoms with van der Waals surface area (Å²) in [5.41, 5.74) is 0. The summed E-state index contributed by atoms with van der Waals surface area (Å²) in [6.07, 6.45) is 40.2. The fourth-order valence-electron chi connectivity index (χ4n) is 4.38. The van der Waals surface area contributed by atoms with Crippen LogP contribution in [0.15, 0.2) is 72.9 Å². The average Bonchev–Trinajstić information content (AvgIpc) is 3.09. The number of esters is 1. The SMILES string of the molecule is CC/C=C\C/C=C\C/C=C\C/C=C\C/C=C\C/C=C\CCC(=O)OC(COCCCCCCCCCCC)COP(=O)(O)OCC(O)CO. The summed E-state index contributed by atoms with van der Waals surface area (Å²) in [6.45, 7) is 3.25. The topological polar surface area (TPSA) is 132 Å². The minimum atomic E-state index is -4.53. The summed E-state index contributed by atoms with van der Waals surface area (Å²) >= 11 is 0. The van der Waals surface area contributed by atoms with Crippen LogP contribution in [0, 0.1) is 0 Å². The Bertz CT molecular complexity index is 987. The molecular weight excluding hydrogens is 643 g/mol. The Kier molecular flexibility index (Phi) is 34.2. The van der Waals surface area contributed by atoms with Crippen molar-refractivity contribution in [2.24, 2.45) is 0 Å². The zero-order valence-electron chi connectivity index (χ0n) is 30.4. The average molecular weight is 711 g/mol. The second-order valence-electron chi connectivity index (χ2n) is 11.9. The number of phosphoric ester groups is 1. The maximum Gasteiger partial charge on any atom is 0.472 e. The first kappa shape index (κ1) is 46.9. The van der Waals surface area contributed by atoms with Gasteiger partial charge in [0.05, 0.1) is 26.4 Å². The van der Waals surface area contributed by atoms with Crippen LogP contribution >= 0.6 is 7.82 Å². The lowest BCUT2D eigenvalue weighted by Gasteiger charge is -2.20. The summed E-state index contributed by atoms with van der Waals surface area (Å²) in [4.78, 5) is 22.4. The fraction of sp³-hybridized carbons (Fsp3) is 0.667. The molecule has 0 saturated heterocycles. The third-order valence-corrected chi connectivity index (χ3v) is 8.12. The molecule has 0 fully saturated rings. The number of allylic oxidation sites excluding steroid dienone is 12. The Morgan fingerprint density at radius 1 is 0.653 bits per heavy atom. The van der Waals surface area contributed by atoms with E-state index in [-0.39, 0.29) is 13.0 Å². The second-order valence-corrected chi connectivity index (χ2v) is 13.3. The first-order valence-electron chi connectivity index (χ1n) is 18.4. The Labute approximate surface area is 297 Å². The van der Waals surface area contributed by atoms with E-state index in [2.05, 4.69) is 74.6 Å². The van der Waals surface area contributed by atoms with Crippen LogP contribution in [-0.2, 0) is 27.9 Å². The van der Waals surface area contributed by atoms with Crippen molar-refractivity contribution in [1.82, 2.24) is 0 Å². The van der Waals surface area contributed by atoms with Crippen molar-refractivity contribution in [3.05, 3.63) is 72.9 Å². The predicted octanol–water partition coefficient (Wildman–Crippen LogP) is 9.41. The van der Waals surface area contributed by atoms with E-state index >= 15 is 0 Å². The Hall–Kier alpha value is -2.10. The fourth-order valence-corrected chi connectivity index (χ4v) is 5.17. The Morgan fingerprint density at radius 2 is 1.12 bits per heavy atom. The molecule has 0 aliphatic rings. The molecule has 3 atom stereocenters. The van der Waals surface area contributed by atoms with Crippen LogP contribution in [0.4, 0.5) is 0 Å². The van der Waals surface area contributed by atoms with Gasteiger partial charge in [-0.25, -0.2) is 4.57 Å². The van der Waals surface area contributed by atoms with Crippen molar-refractivity contribution < 1.29 is 43.0 Å². The molecular formula is C39H67O9P. The summed E-state index contributed by atoms with van der Waals surface area (Å²) in [5.74, 6) is -0.468. The van der Waals surface area contributed by atoms with Crippen molar-refractivity contribution >= 4 is 13.8 Å². The standard InChI is InChI=1S/C39H67O9P/c1-3-5-7-9-11-13-14-15-16-17-18-19-20-21-22-23-25-27-29-31-39(42)48-38(36-47-49(43,44)46-34-37(41)33-40)35-45-32-30-28-26-24-12-10-8-6-4-2/h5,7,11,13,15-16,18-19,21-22,25,27,37-38,40-41H,3-4,6,8-10,12,14,17,20,23-24,26,28-36H2,1-2H3,(H,43,44)/b7-5-,13-11-,16-15-,19-18-,22-21-,27-25-. The van der Waals surface area contributed by atoms with Crippen LogP contribution in [0.1, 0.15) is 123 Å². The van der Waals surface area contributed by atoms with E-state index in [4.69, 9.17) is 23.6 Å². The van der Waals surface area contributed by atoms with Gasteiger partial charge in [-0.05, 0) is 51.4 Å². The van der Waals surface area contributed by atoms with Gasteiger partial charge in [0, 0.05) is 13.0 Å². The number of rotatable bonds is 34. The lowest BCUT2D eigenvalue weighted by molar-refractivity contribution is -0.154. The molecule has 0 aromatic heterocycles. The smallest absolute Gasteiger partial charge is 0.457 e. The normalized spacial score (nSPS) is 15.1. The molecule has 0 aromatic carbocycles. The van der Waals surface area contributed by atoms with Crippen molar-refractivity contribution in [3.63, 3.8) is 0 Å². The summed E-state index contributed by atoms with van der Waals surface area (Å²) in [7, 11) is -4.53. The van der Waals surface area contributed by atoms with E-state index < -0.39 is 45.8 Å². The number of hydrogen-bond acceptors (Lipinski definition) is 8. The van der Waals surface area contributed by atoms with Crippen LogP contribution < -0.4 is 0 Å². The highest BCUT2D eigenvalue weighted by molar-refractivity contribution is 7.47. The zero-order chi connectivity index (χ0) is 36.1. The van der Waals surface area contributed by atoms with E-state index in [0.717, 1.165) is 57.8 Å². The van der Waals surface area contributed by atoms with Gasteiger partial charge in [0.1, 0.15) is 12.2 Å². The van der Waals surface area contributed by atoms with Crippen molar-refractivity contribution in [2.75, 3.05) is 33.0 Å². The number of unbranched alkanes of at least 4 members (excludes halogenated alkanes) is 8. The lowest BCUT2D eigenvalue weighted by atomic mass is 10.1. The minimum Gasteiger partial charge on any atom is -0.457 e. The number of carbonyl (C=O) groups is 1. The number of carbonyl (C=O) groups excluding carboxylic acids is 1. The lowest BCUT2D eigenvalue weighted by Crippen LogP contribution is -2.29. The molecule has 0 aliphatic carbocycles. The van der Waals surface area contributed by atoms with Crippen molar-refractivity contribution in [1.29, 1.82) is 0 Å².